The van der Waals surface area contributed by atoms with Crippen LogP contribution < -0.4 is 0 Å². The molecule has 0 saturated carbocycles. The van der Waals surface area contributed by atoms with Crippen LogP contribution in [0.4, 0.5) is 0 Å². The molecule has 0 N–H and O–H groups in total. The Morgan fingerprint density at radius 1 is 1.07 bits per heavy atom. The van der Waals surface area contributed by atoms with Crippen LogP contribution in [-0.2, 0) is 0 Å². The molecule has 0 atom stereocenters. The standard InChI is InChI=1S/C15H24/c1-12(2)15-10-8-13(3)6-5-7-14(4)9-11-15/h9,11-12H,3,5-8,10H2,1-2,4H3. The van der Waals surface area contributed by atoms with E-state index in [1.165, 1.54) is 43.3 Å². The van der Waals surface area contributed by atoms with Gasteiger partial charge in [-0.15, -0.1) is 0 Å². The van der Waals surface area contributed by atoms with Gasteiger partial charge in [0.25, 0.3) is 0 Å². The Bertz CT molecular complexity index is 276. The summed E-state index contributed by atoms with van der Waals surface area (Å²) in [5.74, 6) is 0.668. The maximum atomic E-state index is 4.16. The molecule has 84 valence electrons. The van der Waals surface area contributed by atoms with E-state index in [-0.39, 0.29) is 0 Å². The molecule has 0 fully saturated rings. The molecule has 0 aromatic rings. The topological polar surface area (TPSA) is 0 Å². The van der Waals surface area contributed by atoms with Gasteiger partial charge in [0.05, 0.1) is 0 Å². The predicted molar refractivity (Wildman–Crippen MR) is 68.9 cm³/mol. The summed E-state index contributed by atoms with van der Waals surface area (Å²) in [5.41, 5.74) is 4.50. The van der Waals surface area contributed by atoms with E-state index in [0.717, 1.165) is 0 Å². The van der Waals surface area contributed by atoms with Crippen molar-refractivity contribution in [1.29, 1.82) is 0 Å². The molecule has 0 aromatic heterocycles. The van der Waals surface area contributed by atoms with E-state index in [1.54, 1.807) is 5.57 Å². The van der Waals surface area contributed by atoms with Gasteiger partial charge >= 0.3 is 0 Å². The predicted octanol–water partition coefficient (Wildman–Crippen LogP) is 5.04. The SMILES string of the molecule is C=C1CCCC(C)=CC=C(C(C)C)CC1. The molecule has 1 aliphatic rings. The number of hydrogen-bond acceptors (Lipinski definition) is 0. The van der Waals surface area contributed by atoms with Crippen LogP contribution >= 0.6 is 0 Å². The zero-order valence-electron chi connectivity index (χ0n) is 10.5. The minimum atomic E-state index is 0.668. The average molecular weight is 204 g/mol. The Labute approximate surface area is 94.8 Å². The summed E-state index contributed by atoms with van der Waals surface area (Å²) in [7, 11) is 0. The molecule has 0 heteroatoms. The lowest BCUT2D eigenvalue weighted by molar-refractivity contribution is 0.686. The molecule has 0 unspecified atom stereocenters. The number of hydrogen-bond donors (Lipinski definition) is 0. The van der Waals surface area contributed by atoms with Gasteiger partial charge in [0.1, 0.15) is 0 Å². The van der Waals surface area contributed by atoms with Crippen LogP contribution in [0.3, 0.4) is 0 Å². The van der Waals surface area contributed by atoms with Crippen LogP contribution in [0.15, 0.2) is 35.5 Å². The Morgan fingerprint density at radius 3 is 2.47 bits per heavy atom. The maximum absolute atomic E-state index is 4.16. The lowest BCUT2D eigenvalue weighted by Crippen LogP contribution is -1.97. The van der Waals surface area contributed by atoms with Crippen LogP contribution in [0.5, 0.6) is 0 Å². The van der Waals surface area contributed by atoms with Crippen molar-refractivity contribution >= 4 is 0 Å². The van der Waals surface area contributed by atoms with Crippen LogP contribution in [0.25, 0.3) is 0 Å². The highest BCUT2D eigenvalue weighted by molar-refractivity contribution is 5.20. The molecule has 1 aliphatic carbocycles. The van der Waals surface area contributed by atoms with Gasteiger partial charge < -0.3 is 0 Å². The van der Waals surface area contributed by atoms with Crippen molar-refractivity contribution in [2.75, 3.05) is 0 Å². The summed E-state index contributed by atoms with van der Waals surface area (Å²) in [6.07, 6.45) is 10.7. The quantitative estimate of drug-likeness (QED) is 0.525. The van der Waals surface area contributed by atoms with Crippen molar-refractivity contribution in [3.8, 4) is 0 Å². The second-order valence-electron chi connectivity index (χ2n) is 5.01. The van der Waals surface area contributed by atoms with Gasteiger partial charge in [-0.3, -0.25) is 0 Å². The van der Waals surface area contributed by atoms with Gasteiger partial charge in [0, 0.05) is 0 Å². The third kappa shape index (κ3) is 4.51. The zero-order chi connectivity index (χ0) is 11.3. The molecule has 0 spiro atoms. The summed E-state index contributed by atoms with van der Waals surface area (Å²) in [4.78, 5) is 0. The Kier molecular flexibility index (Phi) is 4.87. The van der Waals surface area contributed by atoms with E-state index in [4.69, 9.17) is 0 Å². The van der Waals surface area contributed by atoms with Gasteiger partial charge in [-0.2, -0.15) is 0 Å². The van der Waals surface area contributed by atoms with Crippen molar-refractivity contribution in [2.24, 2.45) is 5.92 Å². The largest absolute Gasteiger partial charge is 0.0999 e. The first-order valence-electron chi connectivity index (χ1n) is 6.12. The fourth-order valence-electron chi connectivity index (χ4n) is 1.96. The average Bonchev–Trinajstić information content (AvgIpc) is 2.16. The molecule has 0 radical (unpaired) electrons. The fourth-order valence-corrected chi connectivity index (χ4v) is 1.96. The molecule has 15 heavy (non-hydrogen) atoms. The first kappa shape index (κ1) is 12.3. The minimum Gasteiger partial charge on any atom is -0.0999 e. The van der Waals surface area contributed by atoms with E-state index >= 15 is 0 Å². The lowest BCUT2D eigenvalue weighted by atomic mass is 9.92. The molecule has 0 amide bonds. The second-order valence-corrected chi connectivity index (χ2v) is 5.01. The zero-order valence-corrected chi connectivity index (χ0v) is 10.5. The van der Waals surface area contributed by atoms with Crippen LogP contribution in [0.2, 0.25) is 0 Å². The van der Waals surface area contributed by atoms with Crippen molar-refractivity contribution in [3.63, 3.8) is 0 Å². The normalized spacial score (nSPS) is 19.9. The number of rotatable bonds is 1. The van der Waals surface area contributed by atoms with E-state index in [2.05, 4.69) is 39.5 Å². The molecule has 0 heterocycles. The van der Waals surface area contributed by atoms with E-state index < -0.39 is 0 Å². The Balaban J connectivity index is 2.78. The molecular formula is C15H24. The van der Waals surface area contributed by atoms with E-state index in [9.17, 15) is 0 Å². The summed E-state index contributed by atoms with van der Waals surface area (Å²) in [6.45, 7) is 11.0. The summed E-state index contributed by atoms with van der Waals surface area (Å²) >= 11 is 0. The molecule has 0 nitrogen and oxygen atoms in total. The third-order valence-corrected chi connectivity index (χ3v) is 3.19. The van der Waals surface area contributed by atoms with E-state index in [1.807, 2.05) is 0 Å². The van der Waals surface area contributed by atoms with Gasteiger partial charge in [0.15, 0.2) is 0 Å². The molecule has 0 saturated heterocycles. The first-order valence-corrected chi connectivity index (χ1v) is 6.12. The smallest absolute Gasteiger partial charge is 0.0257 e. The highest BCUT2D eigenvalue weighted by atomic mass is 14.1. The maximum Gasteiger partial charge on any atom is -0.0257 e. The molecular weight excluding hydrogens is 180 g/mol. The number of allylic oxidation sites excluding steroid dienone is 5. The minimum absolute atomic E-state index is 0.668. The van der Waals surface area contributed by atoms with Crippen LogP contribution in [-0.4, -0.2) is 0 Å². The highest BCUT2D eigenvalue weighted by Gasteiger charge is 2.05. The molecule has 0 aliphatic heterocycles. The highest BCUT2D eigenvalue weighted by Crippen LogP contribution is 2.23. The molecule has 0 bridgehead atoms. The van der Waals surface area contributed by atoms with E-state index in [0.29, 0.717) is 5.92 Å². The van der Waals surface area contributed by atoms with Crippen molar-refractivity contribution in [1.82, 2.24) is 0 Å². The van der Waals surface area contributed by atoms with Gasteiger partial charge in [-0.05, 0) is 44.9 Å². The summed E-state index contributed by atoms with van der Waals surface area (Å²) < 4.78 is 0. The first-order chi connectivity index (χ1) is 7.09. The monoisotopic (exact) mass is 204 g/mol. The van der Waals surface area contributed by atoms with Gasteiger partial charge in [-0.25, -0.2) is 0 Å². The van der Waals surface area contributed by atoms with Crippen molar-refractivity contribution in [2.45, 2.75) is 52.9 Å². The molecule has 0 aromatic carbocycles. The van der Waals surface area contributed by atoms with Crippen molar-refractivity contribution in [3.05, 3.63) is 35.5 Å². The third-order valence-electron chi connectivity index (χ3n) is 3.19. The summed E-state index contributed by atoms with van der Waals surface area (Å²) in [6, 6.07) is 0. The Morgan fingerprint density at radius 2 is 1.80 bits per heavy atom. The van der Waals surface area contributed by atoms with Gasteiger partial charge in [0.2, 0.25) is 0 Å². The Hall–Kier alpha value is -0.780. The van der Waals surface area contributed by atoms with Gasteiger partial charge in [-0.1, -0.05) is 49.3 Å². The second kappa shape index (κ2) is 5.95. The van der Waals surface area contributed by atoms with Crippen molar-refractivity contribution < 1.29 is 0 Å². The summed E-state index contributed by atoms with van der Waals surface area (Å²) in [5, 5.41) is 0. The van der Waals surface area contributed by atoms with Crippen LogP contribution in [0, 0.1) is 5.92 Å². The lowest BCUT2D eigenvalue weighted by Gasteiger charge is -2.14. The fraction of sp³-hybridized carbons (Fsp3) is 0.600. The molecule has 1 rings (SSSR count). The van der Waals surface area contributed by atoms with Crippen LogP contribution in [0.1, 0.15) is 52.9 Å².